The second kappa shape index (κ2) is 5.03. The molecule has 0 aliphatic heterocycles. The van der Waals surface area contributed by atoms with Crippen molar-refractivity contribution in [3.8, 4) is 11.1 Å². The van der Waals surface area contributed by atoms with Crippen LogP contribution in [0.1, 0.15) is 11.1 Å². The van der Waals surface area contributed by atoms with Crippen molar-refractivity contribution in [1.29, 1.82) is 0 Å². The summed E-state index contributed by atoms with van der Waals surface area (Å²) < 4.78 is 76.7. The van der Waals surface area contributed by atoms with Crippen molar-refractivity contribution in [1.82, 2.24) is 0 Å². The third-order valence-corrected chi connectivity index (χ3v) is 3.50. The number of benzene rings is 2. The highest BCUT2D eigenvalue weighted by Gasteiger charge is 2.51. The van der Waals surface area contributed by atoms with Crippen molar-refractivity contribution in [2.45, 2.75) is 12.4 Å². The Morgan fingerprint density at radius 1 is 0.609 bits per heavy atom. The Bertz CT molecular complexity index is 769. The molecule has 1 aliphatic rings. The zero-order valence-corrected chi connectivity index (χ0v) is 11.4. The lowest BCUT2D eigenvalue weighted by atomic mass is 10.0. The van der Waals surface area contributed by atoms with Crippen molar-refractivity contribution >= 4 is 5.57 Å². The average Bonchev–Trinajstić information content (AvgIpc) is 2.77. The maximum absolute atomic E-state index is 12.8. The molecule has 0 aromatic heterocycles. The van der Waals surface area contributed by atoms with E-state index in [4.69, 9.17) is 0 Å². The van der Waals surface area contributed by atoms with Gasteiger partial charge in [0.1, 0.15) is 0 Å². The molecular formula is C17H8F6. The van der Waals surface area contributed by atoms with Gasteiger partial charge in [-0.1, -0.05) is 54.3 Å². The molecule has 0 unspecified atom stereocenters. The van der Waals surface area contributed by atoms with Crippen LogP contribution >= 0.6 is 0 Å². The van der Waals surface area contributed by atoms with E-state index >= 15 is 0 Å². The summed E-state index contributed by atoms with van der Waals surface area (Å²) in [4.78, 5) is 0. The highest BCUT2D eigenvalue weighted by molar-refractivity contribution is 6.00. The van der Waals surface area contributed by atoms with Crippen molar-refractivity contribution in [3.63, 3.8) is 0 Å². The molecule has 1 aliphatic carbocycles. The minimum absolute atomic E-state index is 0.194. The molecule has 0 saturated heterocycles. The predicted molar refractivity (Wildman–Crippen MR) is 73.5 cm³/mol. The molecule has 0 amide bonds. The highest BCUT2D eigenvalue weighted by Crippen LogP contribution is 2.45. The van der Waals surface area contributed by atoms with Gasteiger partial charge in [-0.3, -0.25) is 0 Å². The number of halogens is 6. The molecule has 2 aromatic rings. The van der Waals surface area contributed by atoms with Crippen molar-refractivity contribution in [2.24, 2.45) is 0 Å². The average molecular weight is 326 g/mol. The van der Waals surface area contributed by atoms with E-state index in [2.05, 4.69) is 0 Å². The maximum atomic E-state index is 12.8. The van der Waals surface area contributed by atoms with E-state index < -0.39 is 17.9 Å². The van der Waals surface area contributed by atoms with Crippen LogP contribution in [0.3, 0.4) is 0 Å². The zero-order chi connectivity index (χ0) is 16.8. The molecule has 0 spiro atoms. The standard InChI is InChI=1S/C17H8F6/c18-16(19,20)15(17(21,22)23)9-14-12-7-3-1-5-10(12)11-6-2-4-8-13(11)14/h1-8H. The summed E-state index contributed by atoms with van der Waals surface area (Å²) in [6.07, 6.45) is -11.1. The summed E-state index contributed by atoms with van der Waals surface area (Å²) in [5.41, 5.74) is 0.559. The number of alkyl halides is 6. The van der Waals surface area contributed by atoms with E-state index in [-0.39, 0.29) is 5.57 Å². The van der Waals surface area contributed by atoms with Crippen LogP contribution in [0, 0.1) is 0 Å². The molecule has 0 radical (unpaired) electrons. The van der Waals surface area contributed by atoms with Crippen molar-refractivity contribution < 1.29 is 26.3 Å². The van der Waals surface area contributed by atoms with Crippen LogP contribution in [0.5, 0.6) is 0 Å². The minimum atomic E-state index is -5.53. The smallest absolute Gasteiger partial charge is 0.165 e. The van der Waals surface area contributed by atoms with E-state index in [1.54, 1.807) is 42.1 Å². The maximum Gasteiger partial charge on any atom is 0.428 e. The van der Waals surface area contributed by atoms with E-state index in [1.165, 1.54) is 12.1 Å². The monoisotopic (exact) mass is 326 g/mol. The first-order valence-corrected chi connectivity index (χ1v) is 6.54. The van der Waals surface area contributed by atoms with E-state index in [0.717, 1.165) is 0 Å². The fraction of sp³-hybridized carbons (Fsp3) is 0.118. The SMILES string of the molecule is FC(F)(F)C(=C=C1c2ccccc2-c2ccccc21)C(F)(F)F. The molecule has 2 aromatic carbocycles. The molecule has 0 nitrogen and oxygen atoms in total. The Balaban J connectivity index is 2.41. The third kappa shape index (κ3) is 2.66. The van der Waals surface area contributed by atoms with E-state index in [1.807, 2.05) is 0 Å². The van der Waals surface area contributed by atoms with Gasteiger partial charge in [0.15, 0.2) is 5.57 Å². The van der Waals surface area contributed by atoms with Gasteiger partial charge in [0, 0.05) is 5.57 Å². The fourth-order valence-corrected chi connectivity index (χ4v) is 2.58. The first-order chi connectivity index (χ1) is 10.7. The molecule has 6 heteroatoms. The molecule has 118 valence electrons. The Kier molecular flexibility index (Phi) is 3.38. The molecule has 0 bridgehead atoms. The number of allylic oxidation sites excluding steroid dienone is 1. The van der Waals surface area contributed by atoms with Gasteiger partial charge in [-0.15, -0.1) is 0 Å². The zero-order valence-electron chi connectivity index (χ0n) is 11.4. The Labute approximate surface area is 127 Å². The predicted octanol–water partition coefficient (Wildman–Crippen LogP) is 5.75. The fourth-order valence-electron chi connectivity index (χ4n) is 2.58. The quantitative estimate of drug-likeness (QED) is 0.364. The van der Waals surface area contributed by atoms with Crippen LogP contribution in [0.4, 0.5) is 26.3 Å². The lowest BCUT2D eigenvalue weighted by molar-refractivity contribution is -0.171. The first-order valence-electron chi connectivity index (χ1n) is 6.54. The second-order valence-corrected chi connectivity index (χ2v) is 4.96. The summed E-state index contributed by atoms with van der Waals surface area (Å²) in [6, 6.07) is 12.8. The molecule has 0 heterocycles. The van der Waals surface area contributed by atoms with Crippen LogP contribution in [-0.2, 0) is 0 Å². The Morgan fingerprint density at radius 2 is 0.957 bits per heavy atom. The third-order valence-electron chi connectivity index (χ3n) is 3.50. The molecule has 0 fully saturated rings. The Morgan fingerprint density at radius 3 is 1.30 bits per heavy atom. The minimum Gasteiger partial charge on any atom is -0.165 e. The van der Waals surface area contributed by atoms with Gasteiger partial charge < -0.3 is 0 Å². The lowest BCUT2D eigenvalue weighted by Gasteiger charge is -2.13. The molecule has 0 atom stereocenters. The van der Waals surface area contributed by atoms with Crippen molar-refractivity contribution in [3.05, 3.63) is 71.0 Å². The topological polar surface area (TPSA) is 0 Å². The molecule has 3 rings (SSSR count). The number of hydrogen-bond acceptors (Lipinski definition) is 0. The highest BCUT2D eigenvalue weighted by atomic mass is 19.4. The van der Waals surface area contributed by atoms with Gasteiger partial charge in [-0.05, 0) is 22.3 Å². The number of fused-ring (bicyclic) bond motifs is 3. The Hall–Kier alpha value is -2.46. The van der Waals surface area contributed by atoms with Gasteiger partial charge in [0.05, 0.1) is 0 Å². The molecule has 0 saturated carbocycles. The number of hydrogen-bond donors (Lipinski definition) is 0. The van der Waals surface area contributed by atoms with Crippen LogP contribution in [-0.4, -0.2) is 12.4 Å². The lowest BCUT2D eigenvalue weighted by Crippen LogP contribution is -2.25. The van der Waals surface area contributed by atoms with Crippen molar-refractivity contribution in [2.75, 3.05) is 0 Å². The van der Waals surface area contributed by atoms with Gasteiger partial charge in [-0.25, -0.2) is 0 Å². The van der Waals surface area contributed by atoms with Crippen LogP contribution in [0.2, 0.25) is 0 Å². The van der Waals surface area contributed by atoms with Gasteiger partial charge in [-0.2, -0.15) is 26.3 Å². The first kappa shape index (κ1) is 15.4. The van der Waals surface area contributed by atoms with Crippen LogP contribution < -0.4 is 0 Å². The normalized spacial score (nSPS) is 13.4. The summed E-state index contributed by atoms with van der Waals surface area (Å²) in [7, 11) is 0. The van der Waals surface area contributed by atoms with Gasteiger partial charge >= 0.3 is 12.4 Å². The number of rotatable bonds is 0. The van der Waals surface area contributed by atoms with Gasteiger partial charge in [0.25, 0.3) is 0 Å². The van der Waals surface area contributed by atoms with Crippen LogP contribution in [0.15, 0.2) is 59.8 Å². The molecule has 23 heavy (non-hydrogen) atoms. The second-order valence-electron chi connectivity index (χ2n) is 4.96. The largest absolute Gasteiger partial charge is 0.428 e. The summed E-state index contributed by atoms with van der Waals surface area (Å²) in [6.45, 7) is 0. The van der Waals surface area contributed by atoms with Gasteiger partial charge in [0.2, 0.25) is 0 Å². The summed E-state index contributed by atoms with van der Waals surface area (Å²) >= 11 is 0. The summed E-state index contributed by atoms with van der Waals surface area (Å²) in [5.74, 6) is 0. The summed E-state index contributed by atoms with van der Waals surface area (Å²) in [5, 5.41) is 0. The van der Waals surface area contributed by atoms with E-state index in [9.17, 15) is 26.3 Å². The molecular weight excluding hydrogens is 318 g/mol. The van der Waals surface area contributed by atoms with Crippen LogP contribution in [0.25, 0.3) is 16.7 Å². The molecule has 0 N–H and O–H groups in total. The van der Waals surface area contributed by atoms with E-state index in [0.29, 0.717) is 22.3 Å².